The van der Waals surface area contributed by atoms with Crippen LogP contribution in [0.5, 0.6) is 0 Å². The first-order valence-corrected chi connectivity index (χ1v) is 3.98. The van der Waals surface area contributed by atoms with E-state index in [1.165, 1.54) is 11.0 Å². The van der Waals surface area contributed by atoms with E-state index < -0.39 is 11.9 Å². The number of para-hydroxylation sites is 1. The highest BCUT2D eigenvalue weighted by Gasteiger charge is 2.25. The predicted octanol–water partition coefficient (Wildman–Crippen LogP) is 1.78. The highest BCUT2D eigenvalue weighted by molar-refractivity contribution is 5.89. The Morgan fingerprint density at radius 3 is 2.77 bits per heavy atom. The maximum Gasteiger partial charge on any atom is 0.414 e. The Balaban J connectivity index is 2.34. The van der Waals surface area contributed by atoms with Crippen LogP contribution in [0.2, 0.25) is 0 Å². The molecule has 0 saturated carbocycles. The van der Waals surface area contributed by atoms with E-state index in [0.29, 0.717) is 13.2 Å². The minimum Gasteiger partial charge on any atom is -0.447 e. The van der Waals surface area contributed by atoms with Gasteiger partial charge >= 0.3 is 6.09 Å². The molecule has 1 aromatic rings. The number of rotatable bonds is 1. The van der Waals surface area contributed by atoms with Crippen molar-refractivity contribution in [2.75, 3.05) is 18.1 Å². The molecular formula is C9H8FNO2. The average molecular weight is 181 g/mol. The molecule has 3 nitrogen and oxygen atoms in total. The molecule has 0 aromatic heterocycles. The Kier molecular flexibility index (Phi) is 1.88. The van der Waals surface area contributed by atoms with Crippen LogP contribution in [0.1, 0.15) is 0 Å². The summed E-state index contributed by atoms with van der Waals surface area (Å²) in [5, 5.41) is 0. The van der Waals surface area contributed by atoms with E-state index in [1.54, 1.807) is 18.2 Å². The lowest BCUT2D eigenvalue weighted by atomic mass is 10.3. The Morgan fingerprint density at radius 1 is 1.38 bits per heavy atom. The summed E-state index contributed by atoms with van der Waals surface area (Å²) in [5.41, 5.74) is 0.282. The number of hydrogen-bond acceptors (Lipinski definition) is 2. The molecule has 0 atom stereocenters. The van der Waals surface area contributed by atoms with Crippen LogP contribution >= 0.6 is 0 Å². The zero-order chi connectivity index (χ0) is 9.26. The number of ether oxygens (including phenoxy) is 1. The van der Waals surface area contributed by atoms with Crippen molar-refractivity contribution in [3.8, 4) is 0 Å². The van der Waals surface area contributed by atoms with Crippen LogP contribution in [0.4, 0.5) is 14.9 Å². The van der Waals surface area contributed by atoms with E-state index in [0.717, 1.165) is 0 Å². The quantitative estimate of drug-likeness (QED) is 0.660. The molecule has 1 amide bonds. The molecule has 1 heterocycles. The van der Waals surface area contributed by atoms with E-state index >= 15 is 0 Å². The van der Waals surface area contributed by atoms with Gasteiger partial charge in [0.2, 0.25) is 0 Å². The molecule has 1 aromatic carbocycles. The second-order valence-corrected chi connectivity index (χ2v) is 2.72. The van der Waals surface area contributed by atoms with E-state index in [1.807, 2.05) is 0 Å². The molecular weight excluding hydrogens is 173 g/mol. The van der Waals surface area contributed by atoms with E-state index in [-0.39, 0.29) is 5.69 Å². The van der Waals surface area contributed by atoms with Crippen LogP contribution in [-0.2, 0) is 4.74 Å². The fourth-order valence-corrected chi connectivity index (χ4v) is 1.28. The van der Waals surface area contributed by atoms with Gasteiger partial charge in [0.1, 0.15) is 12.4 Å². The Hall–Kier alpha value is -1.58. The van der Waals surface area contributed by atoms with Crippen LogP contribution in [0.25, 0.3) is 0 Å². The molecule has 1 fully saturated rings. The highest BCUT2D eigenvalue weighted by atomic mass is 19.1. The van der Waals surface area contributed by atoms with Gasteiger partial charge in [-0.1, -0.05) is 12.1 Å². The third-order valence-corrected chi connectivity index (χ3v) is 1.90. The number of amides is 1. The number of benzene rings is 1. The smallest absolute Gasteiger partial charge is 0.414 e. The summed E-state index contributed by atoms with van der Waals surface area (Å²) < 4.78 is 17.9. The number of nitrogens with zero attached hydrogens (tertiary/aromatic N) is 1. The van der Waals surface area contributed by atoms with Crippen LogP contribution in [-0.4, -0.2) is 19.2 Å². The molecule has 4 heteroatoms. The molecule has 0 spiro atoms. The van der Waals surface area contributed by atoms with Gasteiger partial charge in [0.05, 0.1) is 12.2 Å². The fourth-order valence-electron chi connectivity index (χ4n) is 1.28. The average Bonchev–Trinajstić information content (AvgIpc) is 2.52. The second-order valence-electron chi connectivity index (χ2n) is 2.72. The lowest BCUT2D eigenvalue weighted by Gasteiger charge is -2.12. The molecule has 0 radical (unpaired) electrons. The van der Waals surface area contributed by atoms with Crippen LogP contribution in [0, 0.1) is 5.82 Å². The summed E-state index contributed by atoms with van der Waals surface area (Å²) >= 11 is 0. The monoisotopic (exact) mass is 181 g/mol. The van der Waals surface area contributed by atoms with Gasteiger partial charge in [0.15, 0.2) is 0 Å². The van der Waals surface area contributed by atoms with Gasteiger partial charge < -0.3 is 4.74 Å². The fraction of sp³-hybridized carbons (Fsp3) is 0.222. The van der Waals surface area contributed by atoms with Gasteiger partial charge in [0.25, 0.3) is 0 Å². The highest BCUT2D eigenvalue weighted by Crippen LogP contribution is 2.21. The first-order valence-electron chi connectivity index (χ1n) is 3.98. The Bertz CT molecular complexity index is 340. The molecule has 0 unspecified atom stereocenters. The molecule has 2 rings (SSSR count). The number of carbonyl (C=O) groups excluding carboxylic acids is 1. The lowest BCUT2D eigenvalue weighted by Crippen LogP contribution is -2.24. The van der Waals surface area contributed by atoms with E-state index in [2.05, 4.69) is 0 Å². The summed E-state index contributed by atoms with van der Waals surface area (Å²) in [6, 6.07) is 6.15. The SMILES string of the molecule is O=C1OCCN1c1ccccc1F. The van der Waals surface area contributed by atoms with Gasteiger partial charge in [-0.15, -0.1) is 0 Å². The second kappa shape index (κ2) is 3.05. The number of cyclic esters (lactones) is 1. The van der Waals surface area contributed by atoms with Crippen molar-refractivity contribution >= 4 is 11.8 Å². The van der Waals surface area contributed by atoms with E-state index in [9.17, 15) is 9.18 Å². The number of carbonyl (C=O) groups is 1. The topological polar surface area (TPSA) is 29.5 Å². The van der Waals surface area contributed by atoms with Gasteiger partial charge in [-0.05, 0) is 12.1 Å². The van der Waals surface area contributed by atoms with Crippen molar-refractivity contribution in [2.45, 2.75) is 0 Å². The van der Waals surface area contributed by atoms with Gasteiger partial charge in [0, 0.05) is 0 Å². The Labute approximate surface area is 74.7 Å². The van der Waals surface area contributed by atoms with Crippen molar-refractivity contribution in [1.29, 1.82) is 0 Å². The first-order chi connectivity index (χ1) is 6.29. The first kappa shape index (κ1) is 8.04. The lowest BCUT2D eigenvalue weighted by molar-refractivity contribution is 0.181. The van der Waals surface area contributed by atoms with Crippen molar-refractivity contribution < 1.29 is 13.9 Å². The zero-order valence-corrected chi connectivity index (χ0v) is 6.87. The van der Waals surface area contributed by atoms with Crippen molar-refractivity contribution in [1.82, 2.24) is 0 Å². The maximum absolute atomic E-state index is 13.2. The number of hydrogen-bond donors (Lipinski definition) is 0. The normalized spacial score (nSPS) is 16.1. The summed E-state index contributed by atoms with van der Waals surface area (Å²) in [4.78, 5) is 12.4. The molecule has 68 valence electrons. The predicted molar refractivity (Wildman–Crippen MR) is 45.1 cm³/mol. The molecule has 0 aliphatic carbocycles. The minimum atomic E-state index is -0.481. The maximum atomic E-state index is 13.2. The van der Waals surface area contributed by atoms with Crippen LogP contribution in [0.15, 0.2) is 24.3 Å². The summed E-state index contributed by atoms with van der Waals surface area (Å²) in [6.07, 6.45) is -0.481. The summed E-state index contributed by atoms with van der Waals surface area (Å²) in [6.45, 7) is 0.743. The van der Waals surface area contributed by atoms with Crippen LogP contribution in [0.3, 0.4) is 0 Å². The molecule has 1 saturated heterocycles. The van der Waals surface area contributed by atoms with Crippen LogP contribution < -0.4 is 4.90 Å². The molecule has 1 aliphatic heterocycles. The molecule has 13 heavy (non-hydrogen) atoms. The third-order valence-electron chi connectivity index (χ3n) is 1.90. The minimum absolute atomic E-state index is 0.282. The van der Waals surface area contributed by atoms with Crippen molar-refractivity contribution in [3.05, 3.63) is 30.1 Å². The summed E-state index contributed by atoms with van der Waals surface area (Å²) in [5.74, 6) is -0.402. The molecule has 0 N–H and O–H groups in total. The van der Waals surface area contributed by atoms with Gasteiger partial charge in [-0.25, -0.2) is 9.18 Å². The molecule has 1 aliphatic rings. The standard InChI is InChI=1S/C9H8FNO2/c10-7-3-1-2-4-8(7)11-5-6-13-9(11)12/h1-4H,5-6H2. The van der Waals surface area contributed by atoms with Gasteiger partial charge in [-0.2, -0.15) is 0 Å². The summed E-state index contributed by atoms with van der Waals surface area (Å²) in [7, 11) is 0. The third kappa shape index (κ3) is 1.35. The van der Waals surface area contributed by atoms with E-state index in [4.69, 9.17) is 4.74 Å². The number of halogens is 1. The largest absolute Gasteiger partial charge is 0.447 e. The molecule has 0 bridgehead atoms. The Morgan fingerprint density at radius 2 is 2.15 bits per heavy atom. The van der Waals surface area contributed by atoms with Crippen molar-refractivity contribution in [3.63, 3.8) is 0 Å². The number of anilines is 1. The zero-order valence-electron chi connectivity index (χ0n) is 6.87. The van der Waals surface area contributed by atoms with Crippen molar-refractivity contribution in [2.24, 2.45) is 0 Å². The van der Waals surface area contributed by atoms with Gasteiger partial charge in [-0.3, -0.25) is 4.90 Å².